The zero-order chi connectivity index (χ0) is 14.3. The summed E-state index contributed by atoms with van der Waals surface area (Å²) in [6, 6.07) is 3.70. The lowest BCUT2D eigenvalue weighted by Crippen LogP contribution is -2.40. The van der Waals surface area contributed by atoms with E-state index in [-0.39, 0.29) is 11.3 Å². The number of amidine groups is 1. The molecule has 3 nitrogen and oxygen atoms in total. The average Bonchev–Trinajstić information content (AvgIpc) is 3.05. The maximum absolute atomic E-state index is 13.3. The topological polar surface area (TPSA) is 36.4 Å². The predicted octanol–water partition coefficient (Wildman–Crippen LogP) is 2.38. The molecule has 20 heavy (non-hydrogen) atoms. The Bertz CT molecular complexity index is 585. The van der Waals surface area contributed by atoms with Gasteiger partial charge < -0.3 is 0 Å². The highest BCUT2D eigenvalue weighted by atomic mass is 32.2. The van der Waals surface area contributed by atoms with E-state index in [9.17, 15) is 8.78 Å². The van der Waals surface area contributed by atoms with Crippen LogP contribution in [0, 0.1) is 17.6 Å². The SMILES string of the molecule is CSC(=S)NNC1=NC[C@@]2(c3cc(F)cc(F)c3)C[C@@H]12. The number of nitrogens with zero attached hydrogens (tertiary/aromatic N) is 1. The smallest absolute Gasteiger partial charge is 0.152 e. The molecule has 0 radical (unpaired) electrons. The zero-order valence-corrected chi connectivity index (χ0v) is 12.4. The van der Waals surface area contributed by atoms with Crippen LogP contribution in [0.2, 0.25) is 0 Å². The molecule has 3 rings (SSSR count). The Morgan fingerprint density at radius 1 is 1.40 bits per heavy atom. The first-order valence-corrected chi connectivity index (χ1v) is 7.79. The minimum atomic E-state index is -0.539. The van der Waals surface area contributed by atoms with E-state index in [0.29, 0.717) is 16.4 Å². The van der Waals surface area contributed by atoms with Gasteiger partial charge in [-0.05, 0) is 30.4 Å². The molecule has 2 N–H and O–H groups in total. The molecule has 1 heterocycles. The number of hydrogen-bond acceptors (Lipinski definition) is 4. The first-order chi connectivity index (χ1) is 9.55. The van der Waals surface area contributed by atoms with E-state index in [1.54, 1.807) is 0 Å². The number of fused-ring (bicyclic) bond motifs is 1. The van der Waals surface area contributed by atoms with Crippen LogP contribution in [0.15, 0.2) is 23.2 Å². The van der Waals surface area contributed by atoms with Crippen molar-refractivity contribution >= 4 is 34.1 Å². The van der Waals surface area contributed by atoms with E-state index in [2.05, 4.69) is 15.8 Å². The minimum Gasteiger partial charge on any atom is -0.287 e. The van der Waals surface area contributed by atoms with Gasteiger partial charge in [0, 0.05) is 17.4 Å². The fourth-order valence-corrected chi connectivity index (χ4v) is 2.92. The number of halogens is 2. The Morgan fingerprint density at radius 2 is 2.10 bits per heavy atom. The van der Waals surface area contributed by atoms with Crippen LogP contribution in [0.4, 0.5) is 8.78 Å². The molecule has 1 aliphatic carbocycles. The lowest BCUT2D eigenvalue weighted by molar-refractivity contribution is 0.571. The number of thiocarbonyl (C=S) groups is 1. The van der Waals surface area contributed by atoms with E-state index in [1.165, 1.54) is 23.9 Å². The molecule has 1 aromatic carbocycles. The number of hydrogen-bond donors (Lipinski definition) is 2. The van der Waals surface area contributed by atoms with Crippen LogP contribution >= 0.6 is 24.0 Å². The number of benzene rings is 1. The van der Waals surface area contributed by atoms with Gasteiger partial charge in [-0.1, -0.05) is 24.0 Å². The van der Waals surface area contributed by atoms with Crippen LogP contribution in [0.5, 0.6) is 0 Å². The first-order valence-electron chi connectivity index (χ1n) is 6.16. The molecule has 2 atom stereocenters. The standard InChI is InChI=1S/C13H13F2N3S2/c1-20-12(19)18-17-11-10-5-13(10,6-16-11)7-2-8(14)4-9(15)3-7/h2-4,10H,5-6H2,1H3,(H,16,17)(H,18,19)/t10-,13+/m0/s1. The largest absolute Gasteiger partial charge is 0.287 e. The maximum atomic E-state index is 13.3. The monoisotopic (exact) mass is 313 g/mol. The third-order valence-corrected chi connectivity index (χ3v) is 4.93. The van der Waals surface area contributed by atoms with Gasteiger partial charge in [-0.25, -0.2) is 8.78 Å². The fourth-order valence-electron chi connectivity index (χ4n) is 2.72. The van der Waals surface area contributed by atoms with E-state index < -0.39 is 11.6 Å². The van der Waals surface area contributed by atoms with Gasteiger partial charge in [0.05, 0.1) is 6.54 Å². The summed E-state index contributed by atoms with van der Waals surface area (Å²) in [6.45, 7) is 0.552. The Hall–Kier alpha value is -1.21. The summed E-state index contributed by atoms with van der Waals surface area (Å²) in [6.07, 6.45) is 2.74. The second-order valence-electron chi connectivity index (χ2n) is 5.01. The van der Waals surface area contributed by atoms with Crippen molar-refractivity contribution in [1.29, 1.82) is 0 Å². The number of thioether (sulfide) groups is 1. The quantitative estimate of drug-likeness (QED) is 0.616. The normalized spacial score (nSPS) is 26.8. The Kier molecular flexibility index (Phi) is 3.41. The molecule has 0 bridgehead atoms. The molecule has 1 aliphatic heterocycles. The Morgan fingerprint density at radius 3 is 2.70 bits per heavy atom. The Labute approximate surface area is 125 Å². The van der Waals surface area contributed by atoms with Gasteiger partial charge in [0.25, 0.3) is 0 Å². The highest BCUT2D eigenvalue weighted by Crippen LogP contribution is 2.58. The molecule has 1 aromatic rings. The van der Waals surface area contributed by atoms with Crippen molar-refractivity contribution in [2.75, 3.05) is 12.8 Å². The van der Waals surface area contributed by atoms with Gasteiger partial charge >= 0.3 is 0 Å². The summed E-state index contributed by atoms with van der Waals surface area (Å²) >= 11 is 6.46. The molecule has 0 aromatic heterocycles. The molecule has 106 valence electrons. The third-order valence-electron chi connectivity index (χ3n) is 3.85. The maximum Gasteiger partial charge on any atom is 0.152 e. The lowest BCUT2D eigenvalue weighted by atomic mass is 9.94. The van der Waals surface area contributed by atoms with Crippen molar-refractivity contribution in [1.82, 2.24) is 10.9 Å². The second-order valence-corrected chi connectivity index (χ2v) is 6.50. The van der Waals surface area contributed by atoms with E-state index in [0.717, 1.165) is 18.3 Å². The highest BCUT2D eigenvalue weighted by molar-refractivity contribution is 8.22. The molecule has 1 fully saturated rings. The minimum absolute atomic E-state index is 0.181. The summed E-state index contributed by atoms with van der Waals surface area (Å²) in [5.41, 5.74) is 6.33. The molecule has 2 aliphatic rings. The van der Waals surface area contributed by atoms with E-state index in [1.807, 2.05) is 6.26 Å². The van der Waals surface area contributed by atoms with Gasteiger partial charge in [-0.3, -0.25) is 15.8 Å². The molecular formula is C13H13F2N3S2. The number of aliphatic imine (C=N–C) groups is 1. The van der Waals surface area contributed by atoms with Crippen LogP contribution in [0.1, 0.15) is 12.0 Å². The molecule has 7 heteroatoms. The van der Waals surface area contributed by atoms with Crippen molar-refractivity contribution in [3.63, 3.8) is 0 Å². The van der Waals surface area contributed by atoms with E-state index >= 15 is 0 Å². The number of hydrazine groups is 1. The molecule has 0 unspecified atom stereocenters. The summed E-state index contributed by atoms with van der Waals surface area (Å²) in [7, 11) is 0. The molecule has 0 saturated heterocycles. The molecule has 1 saturated carbocycles. The van der Waals surface area contributed by atoms with Crippen molar-refractivity contribution in [3.05, 3.63) is 35.4 Å². The number of rotatable bonds is 1. The number of nitrogens with one attached hydrogen (secondary N) is 2. The highest BCUT2D eigenvalue weighted by Gasteiger charge is 2.61. The summed E-state index contributed by atoms with van der Waals surface area (Å²) in [5.74, 6) is -0.0850. The third kappa shape index (κ3) is 2.29. The van der Waals surface area contributed by atoms with Gasteiger partial charge in [-0.2, -0.15) is 0 Å². The van der Waals surface area contributed by atoms with Crippen LogP contribution < -0.4 is 10.9 Å². The first kappa shape index (κ1) is 13.8. The zero-order valence-electron chi connectivity index (χ0n) is 10.7. The molecule has 0 amide bonds. The molecule has 0 spiro atoms. The van der Waals surface area contributed by atoms with Gasteiger partial charge in [-0.15, -0.1) is 0 Å². The van der Waals surface area contributed by atoms with Crippen molar-refractivity contribution in [2.24, 2.45) is 10.9 Å². The van der Waals surface area contributed by atoms with E-state index in [4.69, 9.17) is 12.2 Å². The molecular weight excluding hydrogens is 300 g/mol. The van der Waals surface area contributed by atoms with Crippen LogP contribution in [0.3, 0.4) is 0 Å². The lowest BCUT2D eigenvalue weighted by Gasteiger charge is -2.11. The predicted molar refractivity (Wildman–Crippen MR) is 80.8 cm³/mol. The average molecular weight is 313 g/mol. The van der Waals surface area contributed by atoms with Gasteiger partial charge in [0.2, 0.25) is 0 Å². The van der Waals surface area contributed by atoms with Gasteiger partial charge in [0.15, 0.2) is 4.32 Å². The van der Waals surface area contributed by atoms with Crippen LogP contribution in [-0.4, -0.2) is 23.0 Å². The summed E-state index contributed by atoms with van der Waals surface area (Å²) < 4.78 is 27.3. The summed E-state index contributed by atoms with van der Waals surface area (Å²) in [4.78, 5) is 4.41. The second kappa shape index (κ2) is 4.96. The van der Waals surface area contributed by atoms with Crippen molar-refractivity contribution < 1.29 is 8.78 Å². The van der Waals surface area contributed by atoms with Gasteiger partial charge in [0.1, 0.15) is 17.5 Å². The Balaban J connectivity index is 1.72. The van der Waals surface area contributed by atoms with Crippen LogP contribution in [0.25, 0.3) is 0 Å². The fraction of sp³-hybridized carbons (Fsp3) is 0.385. The van der Waals surface area contributed by atoms with Crippen LogP contribution in [-0.2, 0) is 5.41 Å². The summed E-state index contributed by atoms with van der Waals surface area (Å²) in [5, 5.41) is 0. The van der Waals surface area contributed by atoms with Crippen molar-refractivity contribution in [2.45, 2.75) is 11.8 Å². The van der Waals surface area contributed by atoms with Crippen molar-refractivity contribution in [3.8, 4) is 0 Å².